The van der Waals surface area contributed by atoms with E-state index in [1.807, 2.05) is 0 Å². The van der Waals surface area contributed by atoms with Crippen LogP contribution in [0, 0.1) is 11.8 Å². The van der Waals surface area contributed by atoms with Crippen molar-refractivity contribution in [3.8, 4) is 0 Å². The molecule has 3 heteroatoms. The number of hydrogen-bond donors (Lipinski definition) is 1. The molecule has 0 aromatic carbocycles. The molecule has 98 valence electrons. The molecule has 4 saturated heterocycles. The van der Waals surface area contributed by atoms with Crippen LogP contribution in [0.4, 0.5) is 0 Å². The molecule has 0 radical (unpaired) electrons. The first-order chi connectivity index (χ1) is 8.24. The number of likely N-dealkylation sites (tertiary alicyclic amines) is 1. The van der Waals surface area contributed by atoms with Crippen molar-refractivity contribution in [2.24, 2.45) is 17.6 Å². The molecule has 0 amide bonds. The van der Waals surface area contributed by atoms with E-state index in [0.29, 0.717) is 5.54 Å². The van der Waals surface area contributed by atoms with E-state index in [0.717, 1.165) is 18.4 Å². The molecule has 0 aliphatic carbocycles. The van der Waals surface area contributed by atoms with Gasteiger partial charge < -0.3 is 10.6 Å². The summed E-state index contributed by atoms with van der Waals surface area (Å²) in [5.74, 6) is 1.79. The minimum absolute atomic E-state index is 0.330. The van der Waals surface area contributed by atoms with Crippen molar-refractivity contribution in [2.75, 3.05) is 39.3 Å². The van der Waals surface area contributed by atoms with Gasteiger partial charge in [0.1, 0.15) is 0 Å². The zero-order valence-electron chi connectivity index (χ0n) is 11.2. The smallest absolute Gasteiger partial charge is 0.0487 e. The molecule has 0 aromatic rings. The van der Waals surface area contributed by atoms with Crippen LogP contribution in [0.15, 0.2) is 0 Å². The number of nitrogens with zero attached hydrogens (tertiary/aromatic N) is 2. The lowest BCUT2D eigenvalue weighted by Gasteiger charge is -2.59. The van der Waals surface area contributed by atoms with E-state index in [4.69, 9.17) is 5.73 Å². The summed E-state index contributed by atoms with van der Waals surface area (Å²) < 4.78 is 0. The first kappa shape index (κ1) is 11.9. The van der Waals surface area contributed by atoms with E-state index < -0.39 is 0 Å². The Morgan fingerprint density at radius 3 is 2.18 bits per heavy atom. The SMILES string of the molecule is CC1CCN(C2(CN)CN3CCC2CC3)CC1. The molecule has 17 heavy (non-hydrogen) atoms. The third-order valence-corrected chi connectivity index (χ3v) is 5.61. The molecule has 4 fully saturated rings. The summed E-state index contributed by atoms with van der Waals surface area (Å²) in [5, 5.41) is 0. The van der Waals surface area contributed by atoms with Crippen LogP contribution in [0.3, 0.4) is 0 Å². The second-order valence-corrected chi connectivity index (χ2v) is 6.53. The van der Waals surface area contributed by atoms with Crippen molar-refractivity contribution < 1.29 is 0 Å². The lowest BCUT2D eigenvalue weighted by molar-refractivity contribution is -0.0777. The van der Waals surface area contributed by atoms with Crippen LogP contribution in [0.5, 0.6) is 0 Å². The molecule has 1 unspecified atom stereocenters. The summed E-state index contributed by atoms with van der Waals surface area (Å²) in [6, 6.07) is 0. The van der Waals surface area contributed by atoms with E-state index in [1.54, 1.807) is 0 Å². The molecular weight excluding hydrogens is 210 g/mol. The van der Waals surface area contributed by atoms with Gasteiger partial charge in [0.2, 0.25) is 0 Å². The van der Waals surface area contributed by atoms with Crippen molar-refractivity contribution >= 4 is 0 Å². The van der Waals surface area contributed by atoms with E-state index in [9.17, 15) is 0 Å². The Hall–Kier alpha value is -0.120. The van der Waals surface area contributed by atoms with Gasteiger partial charge in [-0.25, -0.2) is 0 Å². The van der Waals surface area contributed by atoms with Gasteiger partial charge in [0.15, 0.2) is 0 Å². The predicted octanol–water partition coefficient (Wildman–Crippen LogP) is 1.14. The Kier molecular flexibility index (Phi) is 3.18. The zero-order chi connectivity index (χ0) is 11.9. The van der Waals surface area contributed by atoms with Crippen molar-refractivity contribution in [1.29, 1.82) is 0 Å². The molecular formula is C14H27N3. The highest BCUT2D eigenvalue weighted by Gasteiger charge is 2.49. The first-order valence-electron chi connectivity index (χ1n) is 7.42. The second kappa shape index (κ2) is 4.52. The van der Waals surface area contributed by atoms with E-state index in [1.165, 1.54) is 58.4 Å². The van der Waals surface area contributed by atoms with Gasteiger partial charge in [0.25, 0.3) is 0 Å². The highest BCUT2D eigenvalue weighted by Crippen LogP contribution is 2.40. The number of nitrogens with two attached hydrogens (primary N) is 1. The molecule has 2 bridgehead atoms. The molecule has 0 aromatic heterocycles. The van der Waals surface area contributed by atoms with Gasteiger partial charge in [-0.1, -0.05) is 6.92 Å². The summed E-state index contributed by atoms with van der Waals surface area (Å²) in [7, 11) is 0. The minimum atomic E-state index is 0.330. The largest absolute Gasteiger partial charge is 0.329 e. The van der Waals surface area contributed by atoms with Gasteiger partial charge in [-0.3, -0.25) is 4.90 Å². The Bertz CT molecular complexity index is 265. The summed E-state index contributed by atoms with van der Waals surface area (Å²) >= 11 is 0. The van der Waals surface area contributed by atoms with E-state index in [2.05, 4.69) is 16.7 Å². The first-order valence-corrected chi connectivity index (χ1v) is 7.42. The average molecular weight is 237 g/mol. The van der Waals surface area contributed by atoms with Gasteiger partial charge in [0.05, 0.1) is 0 Å². The molecule has 3 nitrogen and oxygen atoms in total. The van der Waals surface area contributed by atoms with Gasteiger partial charge in [-0.2, -0.15) is 0 Å². The highest BCUT2D eigenvalue weighted by molar-refractivity contribution is 5.06. The highest BCUT2D eigenvalue weighted by atomic mass is 15.3. The van der Waals surface area contributed by atoms with Crippen LogP contribution in [0.2, 0.25) is 0 Å². The van der Waals surface area contributed by atoms with Gasteiger partial charge >= 0.3 is 0 Å². The second-order valence-electron chi connectivity index (χ2n) is 6.53. The lowest BCUT2D eigenvalue weighted by atomic mass is 9.71. The fourth-order valence-corrected chi connectivity index (χ4v) is 4.32. The molecule has 0 saturated carbocycles. The summed E-state index contributed by atoms with van der Waals surface area (Å²) in [6.07, 6.45) is 5.50. The van der Waals surface area contributed by atoms with Crippen molar-refractivity contribution in [3.05, 3.63) is 0 Å². The van der Waals surface area contributed by atoms with Crippen LogP contribution in [0.1, 0.15) is 32.6 Å². The lowest BCUT2D eigenvalue weighted by Crippen LogP contribution is -2.70. The summed E-state index contributed by atoms with van der Waals surface area (Å²) in [4.78, 5) is 5.40. The number of piperidine rings is 4. The Balaban J connectivity index is 1.77. The minimum Gasteiger partial charge on any atom is -0.329 e. The Labute approximate surface area is 105 Å². The average Bonchev–Trinajstić information content (AvgIpc) is 2.40. The summed E-state index contributed by atoms with van der Waals surface area (Å²) in [6.45, 7) is 9.69. The third-order valence-electron chi connectivity index (χ3n) is 5.61. The van der Waals surface area contributed by atoms with E-state index in [-0.39, 0.29) is 0 Å². The Morgan fingerprint density at radius 1 is 1.06 bits per heavy atom. The Morgan fingerprint density at radius 2 is 1.71 bits per heavy atom. The van der Waals surface area contributed by atoms with Crippen LogP contribution in [-0.4, -0.2) is 54.6 Å². The monoisotopic (exact) mass is 237 g/mol. The number of rotatable bonds is 2. The van der Waals surface area contributed by atoms with Gasteiger partial charge in [0, 0.05) is 18.6 Å². The number of fused-ring (bicyclic) bond motifs is 3. The van der Waals surface area contributed by atoms with Crippen molar-refractivity contribution in [1.82, 2.24) is 9.80 Å². The fourth-order valence-electron chi connectivity index (χ4n) is 4.32. The standard InChI is InChI=1S/C14H27N3/c1-12-2-8-17(9-3-12)14(10-15)11-16-6-4-13(14)5-7-16/h12-13H,2-11,15H2,1H3. The fraction of sp³-hybridized carbons (Fsp3) is 1.00. The zero-order valence-corrected chi connectivity index (χ0v) is 11.2. The molecule has 4 aliphatic heterocycles. The molecule has 1 atom stereocenters. The quantitative estimate of drug-likeness (QED) is 0.782. The van der Waals surface area contributed by atoms with Crippen LogP contribution in [0.25, 0.3) is 0 Å². The topological polar surface area (TPSA) is 32.5 Å². The predicted molar refractivity (Wildman–Crippen MR) is 70.9 cm³/mol. The van der Waals surface area contributed by atoms with Crippen molar-refractivity contribution in [3.63, 3.8) is 0 Å². The van der Waals surface area contributed by atoms with Crippen LogP contribution < -0.4 is 5.73 Å². The maximum atomic E-state index is 6.22. The summed E-state index contributed by atoms with van der Waals surface area (Å²) in [5.41, 5.74) is 6.55. The molecule has 4 aliphatic rings. The molecule has 4 rings (SSSR count). The number of hydrogen-bond acceptors (Lipinski definition) is 3. The van der Waals surface area contributed by atoms with Crippen LogP contribution >= 0.6 is 0 Å². The van der Waals surface area contributed by atoms with E-state index >= 15 is 0 Å². The molecule has 4 heterocycles. The maximum absolute atomic E-state index is 6.22. The maximum Gasteiger partial charge on any atom is 0.0487 e. The van der Waals surface area contributed by atoms with Gasteiger partial charge in [-0.15, -0.1) is 0 Å². The van der Waals surface area contributed by atoms with Gasteiger partial charge in [-0.05, 0) is 63.7 Å². The van der Waals surface area contributed by atoms with Crippen LogP contribution in [-0.2, 0) is 0 Å². The third kappa shape index (κ3) is 1.92. The molecule has 0 spiro atoms. The normalized spacial score (nSPS) is 44.1. The molecule has 2 N–H and O–H groups in total. The van der Waals surface area contributed by atoms with Crippen molar-refractivity contribution in [2.45, 2.75) is 38.1 Å².